The van der Waals surface area contributed by atoms with E-state index in [0.717, 1.165) is 19.8 Å². The Kier molecular flexibility index (Phi) is 4.82. The van der Waals surface area contributed by atoms with Crippen LogP contribution in [0, 0.1) is 0 Å². The van der Waals surface area contributed by atoms with Crippen molar-refractivity contribution in [2.75, 3.05) is 19.8 Å². The molecule has 2 N–H and O–H groups in total. The summed E-state index contributed by atoms with van der Waals surface area (Å²) in [4.78, 5) is 0. The lowest BCUT2D eigenvalue weighted by molar-refractivity contribution is 0.0707. The van der Waals surface area contributed by atoms with Gasteiger partial charge in [0.05, 0.1) is 13.2 Å². The van der Waals surface area contributed by atoms with Gasteiger partial charge in [-0.2, -0.15) is 0 Å². The summed E-state index contributed by atoms with van der Waals surface area (Å²) in [7, 11) is 0. The summed E-state index contributed by atoms with van der Waals surface area (Å²) in [5, 5.41) is 7.23. The molecule has 0 bridgehead atoms. The highest BCUT2D eigenvalue weighted by Crippen LogP contribution is 2.12. The van der Waals surface area contributed by atoms with Crippen LogP contribution in [0.25, 0.3) is 0 Å². The van der Waals surface area contributed by atoms with Gasteiger partial charge in [0.2, 0.25) is 0 Å². The zero-order valence-electron chi connectivity index (χ0n) is 10.2. The van der Waals surface area contributed by atoms with Gasteiger partial charge in [0, 0.05) is 24.7 Å². The van der Waals surface area contributed by atoms with Crippen molar-refractivity contribution < 1.29 is 4.74 Å². The maximum atomic E-state index is 5.47. The van der Waals surface area contributed by atoms with Gasteiger partial charge in [-0.25, -0.2) is 0 Å². The van der Waals surface area contributed by atoms with Gasteiger partial charge in [-0.15, -0.1) is 0 Å². The molecule has 1 heterocycles. The number of ether oxygens (including phenoxy) is 1. The Morgan fingerprint density at radius 3 is 3.12 bits per heavy atom. The van der Waals surface area contributed by atoms with E-state index in [0.29, 0.717) is 18.1 Å². The van der Waals surface area contributed by atoms with Crippen LogP contribution < -0.4 is 10.6 Å². The highest BCUT2D eigenvalue weighted by Gasteiger charge is 2.18. The van der Waals surface area contributed by atoms with Crippen molar-refractivity contribution in [2.45, 2.75) is 50.7 Å². The first-order chi connectivity index (χ1) is 7.84. The first-order valence-electron chi connectivity index (χ1n) is 6.57. The standard InChI is InChI=1S/C13H24N2O/c1-11(9-13-10-16-8-7-14-13)15-12-5-3-2-4-6-12/h2-3,11-15H,4-10H2,1H3. The molecule has 2 rings (SSSR count). The molecule has 1 aliphatic heterocycles. The molecule has 1 fully saturated rings. The number of morpholine rings is 1. The quantitative estimate of drug-likeness (QED) is 0.709. The first kappa shape index (κ1) is 12.1. The Balaban J connectivity index is 1.66. The van der Waals surface area contributed by atoms with Crippen LogP contribution in [-0.2, 0) is 4.74 Å². The van der Waals surface area contributed by atoms with Crippen LogP contribution in [-0.4, -0.2) is 37.9 Å². The fourth-order valence-corrected chi connectivity index (χ4v) is 2.61. The number of hydrogen-bond acceptors (Lipinski definition) is 3. The molecule has 2 aliphatic rings. The minimum absolute atomic E-state index is 0.537. The molecule has 1 aliphatic carbocycles. The molecule has 3 unspecified atom stereocenters. The van der Waals surface area contributed by atoms with E-state index in [-0.39, 0.29) is 0 Å². The molecule has 1 saturated heterocycles. The molecule has 0 saturated carbocycles. The van der Waals surface area contributed by atoms with Crippen LogP contribution in [0.3, 0.4) is 0 Å². The van der Waals surface area contributed by atoms with Crippen LogP contribution in [0.2, 0.25) is 0 Å². The van der Waals surface area contributed by atoms with Crippen molar-refractivity contribution in [1.29, 1.82) is 0 Å². The summed E-state index contributed by atoms with van der Waals surface area (Å²) in [5.74, 6) is 0. The van der Waals surface area contributed by atoms with Gasteiger partial charge in [-0.05, 0) is 32.6 Å². The highest BCUT2D eigenvalue weighted by atomic mass is 16.5. The van der Waals surface area contributed by atoms with Gasteiger partial charge >= 0.3 is 0 Å². The molecule has 3 heteroatoms. The zero-order valence-corrected chi connectivity index (χ0v) is 10.2. The molecule has 3 atom stereocenters. The average molecular weight is 224 g/mol. The molecular formula is C13H24N2O. The van der Waals surface area contributed by atoms with Gasteiger partial charge < -0.3 is 15.4 Å². The molecule has 0 spiro atoms. The zero-order chi connectivity index (χ0) is 11.2. The lowest BCUT2D eigenvalue weighted by atomic mass is 9.99. The number of rotatable bonds is 4. The Bertz CT molecular complexity index is 224. The molecule has 92 valence electrons. The third-order valence-electron chi connectivity index (χ3n) is 3.43. The summed E-state index contributed by atoms with van der Waals surface area (Å²) in [6, 6.07) is 1.80. The van der Waals surface area contributed by atoms with Crippen LogP contribution in [0.1, 0.15) is 32.6 Å². The molecule has 0 amide bonds. The summed E-state index contributed by atoms with van der Waals surface area (Å²) in [5.41, 5.74) is 0. The Morgan fingerprint density at radius 1 is 1.50 bits per heavy atom. The minimum Gasteiger partial charge on any atom is -0.379 e. The van der Waals surface area contributed by atoms with E-state index in [2.05, 4.69) is 29.7 Å². The van der Waals surface area contributed by atoms with E-state index >= 15 is 0 Å². The van der Waals surface area contributed by atoms with Crippen LogP contribution in [0.5, 0.6) is 0 Å². The van der Waals surface area contributed by atoms with Crippen molar-refractivity contribution in [3.05, 3.63) is 12.2 Å². The molecular weight excluding hydrogens is 200 g/mol. The van der Waals surface area contributed by atoms with Gasteiger partial charge in [-0.3, -0.25) is 0 Å². The van der Waals surface area contributed by atoms with Crippen LogP contribution in [0.4, 0.5) is 0 Å². The van der Waals surface area contributed by atoms with Crippen molar-refractivity contribution in [3.63, 3.8) is 0 Å². The minimum atomic E-state index is 0.537. The third kappa shape index (κ3) is 3.89. The third-order valence-corrected chi connectivity index (χ3v) is 3.43. The van der Waals surface area contributed by atoms with Crippen molar-refractivity contribution in [1.82, 2.24) is 10.6 Å². The predicted octanol–water partition coefficient (Wildman–Crippen LogP) is 1.45. The van der Waals surface area contributed by atoms with E-state index < -0.39 is 0 Å². The summed E-state index contributed by atoms with van der Waals surface area (Å²) in [6.07, 6.45) is 9.47. The first-order valence-corrected chi connectivity index (χ1v) is 6.57. The van der Waals surface area contributed by atoms with E-state index in [1.807, 2.05) is 0 Å². The average Bonchev–Trinajstić information content (AvgIpc) is 2.31. The van der Waals surface area contributed by atoms with E-state index in [9.17, 15) is 0 Å². The lowest BCUT2D eigenvalue weighted by Gasteiger charge is -2.29. The van der Waals surface area contributed by atoms with Gasteiger partial charge in [0.25, 0.3) is 0 Å². The second-order valence-corrected chi connectivity index (χ2v) is 5.01. The van der Waals surface area contributed by atoms with Crippen LogP contribution in [0.15, 0.2) is 12.2 Å². The SMILES string of the molecule is CC(CC1COCCN1)NC1CC=CCC1. The molecule has 0 radical (unpaired) electrons. The van der Waals surface area contributed by atoms with Gasteiger partial charge in [-0.1, -0.05) is 12.2 Å². The van der Waals surface area contributed by atoms with E-state index in [1.165, 1.54) is 25.7 Å². The van der Waals surface area contributed by atoms with Crippen molar-refractivity contribution in [2.24, 2.45) is 0 Å². The summed E-state index contributed by atoms with van der Waals surface area (Å²) >= 11 is 0. The Hall–Kier alpha value is -0.380. The maximum absolute atomic E-state index is 5.47. The Morgan fingerprint density at radius 2 is 2.44 bits per heavy atom. The maximum Gasteiger partial charge on any atom is 0.0620 e. The monoisotopic (exact) mass is 224 g/mol. The Labute approximate surface area is 98.6 Å². The van der Waals surface area contributed by atoms with Gasteiger partial charge in [0.1, 0.15) is 0 Å². The number of allylic oxidation sites excluding steroid dienone is 1. The van der Waals surface area contributed by atoms with Crippen LogP contribution >= 0.6 is 0 Å². The van der Waals surface area contributed by atoms with E-state index in [1.54, 1.807) is 0 Å². The van der Waals surface area contributed by atoms with Crippen molar-refractivity contribution >= 4 is 0 Å². The summed E-state index contributed by atoms with van der Waals surface area (Å²) in [6.45, 7) is 5.03. The number of nitrogens with one attached hydrogen (secondary N) is 2. The topological polar surface area (TPSA) is 33.3 Å². The fourth-order valence-electron chi connectivity index (χ4n) is 2.61. The van der Waals surface area contributed by atoms with Crippen molar-refractivity contribution in [3.8, 4) is 0 Å². The lowest BCUT2D eigenvalue weighted by Crippen LogP contribution is -2.46. The van der Waals surface area contributed by atoms with E-state index in [4.69, 9.17) is 4.74 Å². The fraction of sp³-hybridized carbons (Fsp3) is 0.846. The number of hydrogen-bond donors (Lipinski definition) is 2. The second-order valence-electron chi connectivity index (χ2n) is 5.01. The smallest absolute Gasteiger partial charge is 0.0620 e. The normalized spacial score (nSPS) is 32.6. The molecule has 3 nitrogen and oxygen atoms in total. The molecule has 16 heavy (non-hydrogen) atoms. The molecule has 0 aromatic heterocycles. The summed E-state index contributed by atoms with van der Waals surface area (Å²) < 4.78 is 5.47. The second kappa shape index (κ2) is 6.38. The molecule has 0 aromatic carbocycles. The predicted molar refractivity (Wildman–Crippen MR) is 66.6 cm³/mol. The molecule has 0 aromatic rings. The van der Waals surface area contributed by atoms with Gasteiger partial charge in [0.15, 0.2) is 0 Å². The highest BCUT2D eigenvalue weighted by molar-refractivity contribution is 4.93. The largest absolute Gasteiger partial charge is 0.379 e.